The van der Waals surface area contributed by atoms with Gasteiger partial charge in [-0.05, 0) is 30.5 Å². The van der Waals surface area contributed by atoms with Gasteiger partial charge in [-0.2, -0.15) is 8.42 Å². The molecule has 1 saturated heterocycles. The second kappa shape index (κ2) is 7.85. The van der Waals surface area contributed by atoms with Gasteiger partial charge in [0.15, 0.2) is 0 Å². The van der Waals surface area contributed by atoms with Gasteiger partial charge >= 0.3 is 16.1 Å². The molecule has 1 aromatic rings. The highest BCUT2D eigenvalue weighted by molar-refractivity contribution is 7.86. The van der Waals surface area contributed by atoms with E-state index in [1.54, 1.807) is 43.3 Å². The minimum Gasteiger partial charge on any atom is -0.383 e. The van der Waals surface area contributed by atoms with Crippen LogP contribution in [0.25, 0.3) is 0 Å². The van der Waals surface area contributed by atoms with Crippen LogP contribution in [0.1, 0.15) is 18.4 Å². The molecule has 0 bridgehead atoms. The zero-order chi connectivity index (χ0) is 17.7. The number of nitrogens with zero attached hydrogens (tertiary/aromatic N) is 2. The number of urea groups is 1. The standard InChI is InChI=1S/C16H24N2O5S/c1-17(2)16(19)18(12-15-5-4-10-22-15)11-13-6-8-14(9-7-13)23-24(3,20)21/h6-9,15H,4-5,10-12H2,1-3H3. The van der Waals surface area contributed by atoms with E-state index in [-0.39, 0.29) is 17.9 Å². The molecule has 0 radical (unpaired) electrons. The number of ether oxygens (including phenoxy) is 1. The first kappa shape index (κ1) is 18.5. The molecule has 1 unspecified atom stereocenters. The first-order valence-electron chi connectivity index (χ1n) is 7.81. The molecular formula is C16H24N2O5S. The molecule has 24 heavy (non-hydrogen) atoms. The minimum absolute atomic E-state index is 0.0711. The molecule has 7 nitrogen and oxygen atoms in total. The Morgan fingerprint density at radius 1 is 1.29 bits per heavy atom. The molecule has 1 heterocycles. The first-order chi connectivity index (χ1) is 11.2. The summed E-state index contributed by atoms with van der Waals surface area (Å²) in [5, 5.41) is 0. The second-order valence-corrected chi connectivity index (χ2v) is 7.70. The third kappa shape index (κ3) is 5.68. The Morgan fingerprint density at radius 3 is 2.46 bits per heavy atom. The molecule has 1 aliphatic heterocycles. The lowest BCUT2D eigenvalue weighted by Gasteiger charge is -2.28. The topological polar surface area (TPSA) is 76.2 Å². The van der Waals surface area contributed by atoms with Crippen molar-refractivity contribution in [2.24, 2.45) is 0 Å². The monoisotopic (exact) mass is 356 g/mol. The van der Waals surface area contributed by atoms with Crippen LogP contribution in [0, 0.1) is 0 Å². The summed E-state index contributed by atoms with van der Waals surface area (Å²) in [6, 6.07) is 6.60. The Bertz CT molecular complexity index is 652. The van der Waals surface area contributed by atoms with E-state index in [9.17, 15) is 13.2 Å². The highest BCUT2D eigenvalue weighted by atomic mass is 32.2. The van der Waals surface area contributed by atoms with Crippen molar-refractivity contribution in [3.63, 3.8) is 0 Å². The van der Waals surface area contributed by atoms with Gasteiger partial charge in [-0.1, -0.05) is 12.1 Å². The molecule has 0 aliphatic carbocycles. The molecule has 0 aromatic heterocycles. The number of carbonyl (C=O) groups is 1. The van der Waals surface area contributed by atoms with Crippen LogP contribution in [0.2, 0.25) is 0 Å². The summed E-state index contributed by atoms with van der Waals surface area (Å²) in [6.07, 6.45) is 3.05. The zero-order valence-corrected chi connectivity index (χ0v) is 15.1. The molecule has 2 amide bonds. The van der Waals surface area contributed by atoms with Crippen LogP contribution in [0.4, 0.5) is 4.79 Å². The van der Waals surface area contributed by atoms with E-state index in [0.29, 0.717) is 13.1 Å². The summed E-state index contributed by atoms with van der Waals surface area (Å²) in [5.74, 6) is 0.255. The molecule has 0 N–H and O–H groups in total. The number of rotatable bonds is 6. The summed E-state index contributed by atoms with van der Waals surface area (Å²) in [4.78, 5) is 15.7. The van der Waals surface area contributed by atoms with E-state index < -0.39 is 10.1 Å². The fourth-order valence-electron chi connectivity index (χ4n) is 2.57. The Hall–Kier alpha value is -1.80. The van der Waals surface area contributed by atoms with E-state index in [4.69, 9.17) is 8.92 Å². The van der Waals surface area contributed by atoms with Crippen molar-refractivity contribution in [2.75, 3.05) is 33.5 Å². The normalized spacial score (nSPS) is 17.5. The van der Waals surface area contributed by atoms with E-state index in [2.05, 4.69) is 0 Å². The second-order valence-electron chi connectivity index (χ2n) is 6.12. The fraction of sp³-hybridized carbons (Fsp3) is 0.562. The van der Waals surface area contributed by atoms with Gasteiger partial charge < -0.3 is 18.7 Å². The van der Waals surface area contributed by atoms with E-state index in [1.165, 1.54) is 4.90 Å². The fourth-order valence-corrected chi connectivity index (χ4v) is 3.03. The van der Waals surface area contributed by atoms with Crippen molar-refractivity contribution in [2.45, 2.75) is 25.5 Å². The molecule has 134 valence electrons. The summed E-state index contributed by atoms with van der Waals surface area (Å²) in [7, 11) is -0.109. The van der Waals surface area contributed by atoms with Gasteiger partial charge in [-0.15, -0.1) is 0 Å². The summed E-state index contributed by atoms with van der Waals surface area (Å²) < 4.78 is 32.7. The van der Waals surface area contributed by atoms with Crippen molar-refractivity contribution in [1.29, 1.82) is 0 Å². The average Bonchev–Trinajstić information content (AvgIpc) is 2.99. The maximum atomic E-state index is 12.4. The largest absolute Gasteiger partial charge is 0.383 e. The predicted molar refractivity (Wildman–Crippen MR) is 90.4 cm³/mol. The van der Waals surface area contributed by atoms with Gasteiger partial charge in [-0.3, -0.25) is 0 Å². The van der Waals surface area contributed by atoms with Crippen molar-refractivity contribution in [3.05, 3.63) is 29.8 Å². The molecule has 2 rings (SSSR count). The highest BCUT2D eigenvalue weighted by Gasteiger charge is 2.23. The van der Waals surface area contributed by atoms with Gasteiger partial charge in [0.05, 0.1) is 12.4 Å². The summed E-state index contributed by atoms with van der Waals surface area (Å²) in [6.45, 7) is 1.71. The van der Waals surface area contributed by atoms with Gasteiger partial charge in [-0.25, -0.2) is 4.79 Å². The SMILES string of the molecule is CN(C)C(=O)N(Cc1ccc(OS(C)(=O)=O)cc1)CC1CCCO1. The van der Waals surface area contributed by atoms with Crippen LogP contribution in [0.5, 0.6) is 5.75 Å². The molecule has 0 spiro atoms. The molecular weight excluding hydrogens is 332 g/mol. The third-order valence-electron chi connectivity index (χ3n) is 3.65. The van der Waals surface area contributed by atoms with Gasteiger partial charge in [0.2, 0.25) is 0 Å². The number of amides is 2. The summed E-state index contributed by atoms with van der Waals surface area (Å²) in [5.41, 5.74) is 0.893. The number of hydrogen-bond acceptors (Lipinski definition) is 5. The van der Waals surface area contributed by atoms with Crippen LogP contribution >= 0.6 is 0 Å². The molecule has 1 aromatic carbocycles. The molecule has 8 heteroatoms. The maximum absolute atomic E-state index is 12.4. The van der Waals surface area contributed by atoms with Crippen molar-refractivity contribution in [3.8, 4) is 5.75 Å². The number of hydrogen-bond donors (Lipinski definition) is 0. The van der Waals surface area contributed by atoms with Gasteiger partial charge in [0, 0.05) is 33.8 Å². The lowest BCUT2D eigenvalue weighted by atomic mass is 10.2. The van der Waals surface area contributed by atoms with Gasteiger partial charge in [0.25, 0.3) is 0 Å². The Balaban J connectivity index is 2.06. The molecule has 1 aliphatic rings. The van der Waals surface area contributed by atoms with E-state index >= 15 is 0 Å². The van der Waals surface area contributed by atoms with Crippen LogP contribution in [-0.4, -0.2) is 63.9 Å². The van der Waals surface area contributed by atoms with Crippen LogP contribution in [0.15, 0.2) is 24.3 Å². The van der Waals surface area contributed by atoms with Crippen molar-refractivity contribution in [1.82, 2.24) is 9.80 Å². The van der Waals surface area contributed by atoms with Crippen molar-refractivity contribution >= 4 is 16.1 Å². The van der Waals surface area contributed by atoms with E-state index in [1.807, 2.05) is 0 Å². The molecule has 1 fully saturated rings. The average molecular weight is 356 g/mol. The zero-order valence-electron chi connectivity index (χ0n) is 14.3. The lowest BCUT2D eigenvalue weighted by Crippen LogP contribution is -2.42. The molecule has 1 atom stereocenters. The predicted octanol–water partition coefficient (Wildman–Crippen LogP) is 1.69. The van der Waals surface area contributed by atoms with E-state index in [0.717, 1.165) is 31.3 Å². The molecule has 0 saturated carbocycles. The smallest absolute Gasteiger partial charge is 0.319 e. The Labute approximate surface area is 143 Å². The van der Waals surface area contributed by atoms with Crippen molar-refractivity contribution < 1.29 is 22.1 Å². The van der Waals surface area contributed by atoms with Gasteiger partial charge in [0.1, 0.15) is 5.75 Å². The highest BCUT2D eigenvalue weighted by Crippen LogP contribution is 2.18. The number of benzene rings is 1. The quantitative estimate of drug-likeness (QED) is 0.725. The maximum Gasteiger partial charge on any atom is 0.319 e. The Kier molecular flexibility index (Phi) is 6.06. The number of carbonyl (C=O) groups excluding carboxylic acids is 1. The minimum atomic E-state index is -3.54. The first-order valence-corrected chi connectivity index (χ1v) is 9.62. The van der Waals surface area contributed by atoms with Crippen LogP contribution in [0.3, 0.4) is 0 Å². The summed E-state index contributed by atoms with van der Waals surface area (Å²) >= 11 is 0. The third-order valence-corrected chi connectivity index (χ3v) is 4.14. The lowest BCUT2D eigenvalue weighted by molar-refractivity contribution is 0.0743. The van der Waals surface area contributed by atoms with Crippen LogP contribution in [-0.2, 0) is 21.4 Å². The van der Waals surface area contributed by atoms with Crippen LogP contribution < -0.4 is 4.18 Å². The Morgan fingerprint density at radius 2 is 1.96 bits per heavy atom.